The van der Waals surface area contributed by atoms with Gasteiger partial charge < -0.3 is 19.9 Å². The Morgan fingerprint density at radius 1 is 0.939 bits per heavy atom. The number of hydrogen-bond donors (Lipinski definition) is 3. The number of aryl methyl sites for hydroxylation is 1. The molecule has 0 aliphatic carbocycles. The molecular formula is C26H30N2O5. The van der Waals surface area contributed by atoms with Crippen molar-refractivity contribution in [1.82, 2.24) is 9.55 Å². The molecule has 0 radical (unpaired) electrons. The van der Waals surface area contributed by atoms with Crippen LogP contribution < -0.4 is 0 Å². The summed E-state index contributed by atoms with van der Waals surface area (Å²) in [5.41, 5.74) is 1.40. The molecule has 3 N–H and O–H groups in total. The molecule has 0 unspecified atom stereocenters. The van der Waals surface area contributed by atoms with Crippen LogP contribution in [-0.4, -0.2) is 36.8 Å². The van der Waals surface area contributed by atoms with Crippen LogP contribution in [0.15, 0.2) is 48.5 Å². The molecule has 1 heterocycles. The molecule has 7 heteroatoms. The van der Waals surface area contributed by atoms with Gasteiger partial charge in [0, 0.05) is 13.0 Å². The monoisotopic (exact) mass is 450 g/mol. The summed E-state index contributed by atoms with van der Waals surface area (Å²) in [6, 6.07) is 14.2. The molecule has 7 nitrogen and oxygen atoms in total. The molecule has 0 saturated carbocycles. The average molecular weight is 451 g/mol. The van der Waals surface area contributed by atoms with Crippen molar-refractivity contribution in [2.24, 2.45) is 0 Å². The van der Waals surface area contributed by atoms with Crippen LogP contribution in [0.4, 0.5) is 0 Å². The SMILES string of the molecule is CCCc1nc(C(O)(CC)CC)c(C(=O)O)n1Cc1ccc(-c2ccccc2C(=O)O)cc1. The smallest absolute Gasteiger partial charge is 0.354 e. The molecule has 0 aliphatic heterocycles. The van der Waals surface area contributed by atoms with Gasteiger partial charge in [0.25, 0.3) is 0 Å². The number of benzene rings is 2. The third kappa shape index (κ3) is 4.83. The van der Waals surface area contributed by atoms with Crippen LogP contribution in [0.25, 0.3) is 11.1 Å². The maximum atomic E-state index is 12.2. The van der Waals surface area contributed by atoms with Crippen LogP contribution in [0.2, 0.25) is 0 Å². The molecule has 33 heavy (non-hydrogen) atoms. The van der Waals surface area contributed by atoms with Gasteiger partial charge in [-0.15, -0.1) is 0 Å². The van der Waals surface area contributed by atoms with E-state index in [0.29, 0.717) is 30.7 Å². The summed E-state index contributed by atoms with van der Waals surface area (Å²) in [5, 5.41) is 30.5. The Morgan fingerprint density at radius 2 is 1.58 bits per heavy atom. The van der Waals surface area contributed by atoms with Crippen LogP contribution in [0.5, 0.6) is 0 Å². The molecule has 3 aromatic rings. The second-order valence-corrected chi connectivity index (χ2v) is 8.15. The van der Waals surface area contributed by atoms with Crippen LogP contribution in [0.1, 0.15) is 78.0 Å². The molecule has 1 aromatic heterocycles. The first kappa shape index (κ1) is 24.2. The molecule has 2 aromatic carbocycles. The third-order valence-electron chi connectivity index (χ3n) is 6.10. The van der Waals surface area contributed by atoms with Gasteiger partial charge in [-0.05, 0) is 42.0 Å². The van der Waals surface area contributed by atoms with E-state index in [4.69, 9.17) is 0 Å². The Hall–Kier alpha value is -3.45. The molecule has 0 atom stereocenters. The Morgan fingerprint density at radius 3 is 2.12 bits per heavy atom. The van der Waals surface area contributed by atoms with Crippen molar-refractivity contribution in [2.75, 3.05) is 0 Å². The molecule has 0 amide bonds. The van der Waals surface area contributed by atoms with Gasteiger partial charge in [-0.1, -0.05) is 63.2 Å². The second-order valence-electron chi connectivity index (χ2n) is 8.15. The Labute approximate surface area is 193 Å². The van der Waals surface area contributed by atoms with E-state index in [1.807, 2.05) is 45.0 Å². The molecule has 0 aliphatic rings. The highest BCUT2D eigenvalue weighted by Crippen LogP contribution is 2.32. The maximum Gasteiger partial charge on any atom is 0.354 e. The van der Waals surface area contributed by atoms with E-state index in [0.717, 1.165) is 17.5 Å². The summed E-state index contributed by atoms with van der Waals surface area (Å²) in [7, 11) is 0. The molecular weight excluding hydrogens is 420 g/mol. The maximum absolute atomic E-state index is 12.2. The normalized spacial score (nSPS) is 11.5. The minimum atomic E-state index is -1.30. The molecule has 0 bridgehead atoms. The molecule has 0 fully saturated rings. The minimum Gasteiger partial charge on any atom is -0.478 e. The zero-order valence-corrected chi connectivity index (χ0v) is 19.2. The van der Waals surface area contributed by atoms with E-state index in [9.17, 15) is 24.9 Å². The van der Waals surface area contributed by atoms with E-state index in [1.54, 1.807) is 28.8 Å². The van der Waals surface area contributed by atoms with Gasteiger partial charge in [-0.2, -0.15) is 0 Å². The van der Waals surface area contributed by atoms with E-state index in [1.165, 1.54) is 0 Å². The number of rotatable bonds is 10. The topological polar surface area (TPSA) is 113 Å². The van der Waals surface area contributed by atoms with Gasteiger partial charge in [0.1, 0.15) is 17.1 Å². The summed E-state index contributed by atoms with van der Waals surface area (Å²) < 4.78 is 1.68. The fourth-order valence-corrected chi connectivity index (χ4v) is 4.10. The van der Waals surface area contributed by atoms with Crippen LogP contribution in [-0.2, 0) is 18.6 Å². The van der Waals surface area contributed by atoms with Crippen LogP contribution in [0.3, 0.4) is 0 Å². The van der Waals surface area contributed by atoms with E-state index in [2.05, 4.69) is 4.98 Å². The van der Waals surface area contributed by atoms with Crippen molar-refractivity contribution in [1.29, 1.82) is 0 Å². The highest BCUT2D eigenvalue weighted by atomic mass is 16.4. The number of aliphatic hydroxyl groups is 1. The van der Waals surface area contributed by atoms with E-state index in [-0.39, 0.29) is 23.5 Å². The Kier molecular flexibility index (Phi) is 7.33. The fourth-order valence-electron chi connectivity index (χ4n) is 4.10. The van der Waals surface area contributed by atoms with Gasteiger partial charge in [0.2, 0.25) is 0 Å². The minimum absolute atomic E-state index is 0.0185. The van der Waals surface area contributed by atoms with Gasteiger partial charge in [-0.3, -0.25) is 0 Å². The molecule has 0 spiro atoms. The van der Waals surface area contributed by atoms with Gasteiger partial charge >= 0.3 is 11.9 Å². The van der Waals surface area contributed by atoms with Crippen molar-refractivity contribution in [3.8, 4) is 11.1 Å². The van der Waals surface area contributed by atoms with Crippen molar-refractivity contribution in [3.05, 3.63) is 76.9 Å². The molecule has 0 saturated heterocycles. The highest BCUT2D eigenvalue weighted by Gasteiger charge is 2.36. The first-order chi connectivity index (χ1) is 15.8. The van der Waals surface area contributed by atoms with Crippen molar-refractivity contribution in [3.63, 3.8) is 0 Å². The quantitative estimate of drug-likeness (QED) is 0.403. The second kappa shape index (κ2) is 10.0. The first-order valence-electron chi connectivity index (χ1n) is 11.2. The Bertz CT molecular complexity index is 1140. The van der Waals surface area contributed by atoms with E-state index >= 15 is 0 Å². The zero-order chi connectivity index (χ0) is 24.2. The number of aromatic nitrogens is 2. The van der Waals surface area contributed by atoms with Crippen molar-refractivity contribution in [2.45, 2.75) is 58.6 Å². The number of carboxylic acid groups (broad SMARTS) is 2. The average Bonchev–Trinajstić information content (AvgIpc) is 3.18. The number of imidazole rings is 1. The summed E-state index contributed by atoms with van der Waals surface area (Å²) in [6.07, 6.45) is 2.11. The standard InChI is InChI=1S/C26H30N2O5/c1-4-9-21-27-23(26(33,5-2)6-3)22(25(31)32)28(21)16-17-12-14-18(15-13-17)19-10-7-8-11-20(19)24(29)30/h7-8,10-15,33H,4-6,9,16H2,1-3H3,(H,29,30)(H,31,32). The summed E-state index contributed by atoms with van der Waals surface area (Å²) in [5.74, 6) is -1.48. The first-order valence-corrected chi connectivity index (χ1v) is 11.2. The molecule has 174 valence electrons. The Balaban J connectivity index is 2.04. The van der Waals surface area contributed by atoms with Crippen LogP contribution in [0, 0.1) is 0 Å². The predicted molar refractivity (Wildman–Crippen MR) is 126 cm³/mol. The lowest BCUT2D eigenvalue weighted by Gasteiger charge is -2.24. The summed E-state index contributed by atoms with van der Waals surface area (Å²) in [4.78, 5) is 28.4. The van der Waals surface area contributed by atoms with Crippen LogP contribution >= 0.6 is 0 Å². The number of carboxylic acids is 2. The molecule has 3 rings (SSSR count). The lowest BCUT2D eigenvalue weighted by atomic mass is 9.92. The van der Waals surface area contributed by atoms with Crippen molar-refractivity contribution >= 4 is 11.9 Å². The van der Waals surface area contributed by atoms with Gasteiger partial charge in [0.15, 0.2) is 5.69 Å². The van der Waals surface area contributed by atoms with Gasteiger partial charge in [-0.25, -0.2) is 14.6 Å². The van der Waals surface area contributed by atoms with Gasteiger partial charge in [0.05, 0.1) is 5.56 Å². The fraction of sp³-hybridized carbons (Fsp3) is 0.346. The van der Waals surface area contributed by atoms with Crippen molar-refractivity contribution < 1.29 is 24.9 Å². The summed E-state index contributed by atoms with van der Waals surface area (Å²) in [6.45, 7) is 5.93. The predicted octanol–water partition coefficient (Wildman–Crippen LogP) is 4.95. The zero-order valence-electron chi connectivity index (χ0n) is 19.2. The number of nitrogens with zero attached hydrogens (tertiary/aromatic N) is 2. The van der Waals surface area contributed by atoms with E-state index < -0.39 is 17.5 Å². The summed E-state index contributed by atoms with van der Waals surface area (Å²) >= 11 is 0. The number of carbonyl (C=O) groups is 2. The lowest BCUT2D eigenvalue weighted by Crippen LogP contribution is -2.27. The largest absolute Gasteiger partial charge is 0.478 e. The number of hydrogen-bond acceptors (Lipinski definition) is 4. The third-order valence-corrected chi connectivity index (χ3v) is 6.10. The lowest BCUT2D eigenvalue weighted by molar-refractivity contribution is 0.0218. The highest BCUT2D eigenvalue weighted by molar-refractivity contribution is 5.96. The number of aromatic carboxylic acids is 2.